The van der Waals surface area contributed by atoms with Gasteiger partial charge in [0.1, 0.15) is 5.82 Å². The fourth-order valence-corrected chi connectivity index (χ4v) is 3.40. The summed E-state index contributed by atoms with van der Waals surface area (Å²) < 4.78 is 3.64. The van der Waals surface area contributed by atoms with Crippen LogP contribution in [0.2, 0.25) is 0 Å². The summed E-state index contributed by atoms with van der Waals surface area (Å²) in [6, 6.07) is 1.92. The molecule has 0 aromatic carbocycles. The third-order valence-electron chi connectivity index (χ3n) is 2.95. The van der Waals surface area contributed by atoms with E-state index in [1.165, 1.54) is 0 Å². The number of hydrogen-bond acceptors (Lipinski definition) is 4. The van der Waals surface area contributed by atoms with E-state index in [0.29, 0.717) is 0 Å². The van der Waals surface area contributed by atoms with Crippen molar-refractivity contribution in [1.29, 1.82) is 0 Å². The van der Waals surface area contributed by atoms with Crippen molar-refractivity contribution in [2.45, 2.75) is 27.2 Å². The van der Waals surface area contributed by atoms with Gasteiger partial charge in [-0.2, -0.15) is 0 Å². The summed E-state index contributed by atoms with van der Waals surface area (Å²) in [6.45, 7) is 6.36. The lowest BCUT2D eigenvalue weighted by Crippen LogP contribution is -2.27. The average molecular weight is 434 g/mol. The molecule has 0 aliphatic rings. The van der Waals surface area contributed by atoms with Gasteiger partial charge in [-0.25, -0.2) is 10.5 Å². The number of rotatable bonds is 4. The van der Waals surface area contributed by atoms with Crippen molar-refractivity contribution in [3.8, 4) is 0 Å². The van der Waals surface area contributed by atoms with E-state index in [0.717, 1.165) is 32.5 Å². The second-order valence-corrected chi connectivity index (χ2v) is 8.00. The normalized spacial score (nSPS) is 11.7. The Kier molecular flexibility index (Phi) is 5.14. The van der Waals surface area contributed by atoms with Crippen LogP contribution in [0.15, 0.2) is 21.2 Å². The first-order valence-electron chi connectivity index (χ1n) is 6.74. The molecule has 0 saturated heterocycles. The van der Waals surface area contributed by atoms with Crippen molar-refractivity contribution in [3.05, 3.63) is 26.9 Å². The average Bonchev–Trinajstić information content (AvgIpc) is 2.72. The van der Waals surface area contributed by atoms with E-state index in [1.54, 1.807) is 5.48 Å². The Labute approximate surface area is 145 Å². The monoisotopic (exact) mass is 432 g/mol. The highest BCUT2D eigenvalue weighted by Gasteiger charge is 2.21. The van der Waals surface area contributed by atoms with Crippen LogP contribution in [0.4, 0.5) is 5.82 Å². The van der Waals surface area contributed by atoms with Gasteiger partial charge in [0.15, 0.2) is 5.65 Å². The molecule has 3 N–H and O–H groups in total. The molecule has 22 heavy (non-hydrogen) atoms. The standard InChI is InChI=1S/C14H18Br2N4O2/c1-14(2,3)5-10-13(17-6-11(21)19-22)20-7-8(15)4-9(16)12(20)18-10/h4,7,17,22H,5-6H2,1-3H3,(H,19,21). The second-order valence-electron chi connectivity index (χ2n) is 6.23. The third-order valence-corrected chi connectivity index (χ3v) is 3.97. The van der Waals surface area contributed by atoms with Crippen molar-refractivity contribution in [2.75, 3.05) is 11.9 Å². The van der Waals surface area contributed by atoms with E-state index in [4.69, 9.17) is 5.21 Å². The Morgan fingerprint density at radius 2 is 2.09 bits per heavy atom. The van der Waals surface area contributed by atoms with Crippen LogP contribution >= 0.6 is 31.9 Å². The van der Waals surface area contributed by atoms with Crippen LogP contribution in [0.5, 0.6) is 0 Å². The molecule has 2 heterocycles. The summed E-state index contributed by atoms with van der Waals surface area (Å²) in [7, 11) is 0. The van der Waals surface area contributed by atoms with Gasteiger partial charge in [0, 0.05) is 10.7 Å². The van der Waals surface area contributed by atoms with Gasteiger partial charge in [0.2, 0.25) is 0 Å². The molecule has 2 aromatic heterocycles. The number of pyridine rings is 1. The summed E-state index contributed by atoms with van der Waals surface area (Å²) in [5.74, 6) is 0.237. The zero-order valence-electron chi connectivity index (χ0n) is 12.6. The summed E-state index contributed by atoms with van der Waals surface area (Å²) in [6.07, 6.45) is 2.64. The van der Waals surface area contributed by atoms with E-state index < -0.39 is 5.91 Å². The molecule has 2 rings (SSSR count). The molecule has 0 atom stereocenters. The lowest BCUT2D eigenvalue weighted by molar-refractivity contribution is -0.127. The molecule has 0 unspecified atom stereocenters. The molecule has 1 amide bonds. The van der Waals surface area contributed by atoms with Crippen LogP contribution in [0.25, 0.3) is 5.65 Å². The van der Waals surface area contributed by atoms with E-state index >= 15 is 0 Å². The molecular formula is C14H18Br2N4O2. The molecule has 0 aliphatic carbocycles. The molecule has 0 aliphatic heterocycles. The Morgan fingerprint density at radius 3 is 2.68 bits per heavy atom. The number of imidazole rings is 1. The van der Waals surface area contributed by atoms with Crippen molar-refractivity contribution in [3.63, 3.8) is 0 Å². The second kappa shape index (κ2) is 6.55. The minimum Gasteiger partial charge on any atom is -0.360 e. The molecule has 0 fully saturated rings. The third kappa shape index (κ3) is 3.99. The molecule has 0 bridgehead atoms. The Bertz CT molecular complexity index is 707. The van der Waals surface area contributed by atoms with E-state index in [-0.39, 0.29) is 12.0 Å². The van der Waals surface area contributed by atoms with E-state index in [1.807, 2.05) is 16.7 Å². The number of halogens is 2. The van der Waals surface area contributed by atoms with E-state index in [9.17, 15) is 4.79 Å². The first kappa shape index (κ1) is 17.2. The molecule has 8 heteroatoms. The number of hydroxylamine groups is 1. The summed E-state index contributed by atoms with van der Waals surface area (Å²) in [4.78, 5) is 16.0. The maximum atomic E-state index is 11.3. The van der Waals surface area contributed by atoms with Gasteiger partial charge in [-0.15, -0.1) is 0 Å². The Hall–Kier alpha value is -1.12. The maximum Gasteiger partial charge on any atom is 0.262 e. The molecule has 0 saturated carbocycles. The SMILES string of the molecule is CC(C)(C)Cc1nc2c(Br)cc(Br)cn2c1NCC(=O)NO. The summed E-state index contributed by atoms with van der Waals surface area (Å²) in [5.41, 5.74) is 3.31. The highest BCUT2D eigenvalue weighted by molar-refractivity contribution is 9.11. The Balaban J connectivity index is 2.51. The van der Waals surface area contributed by atoms with Gasteiger partial charge < -0.3 is 5.32 Å². The molecule has 0 radical (unpaired) electrons. The highest BCUT2D eigenvalue weighted by Crippen LogP contribution is 2.31. The van der Waals surface area contributed by atoms with Gasteiger partial charge in [-0.3, -0.25) is 14.4 Å². The minimum atomic E-state index is -0.509. The number of anilines is 1. The zero-order valence-corrected chi connectivity index (χ0v) is 15.7. The molecule has 0 spiro atoms. The smallest absolute Gasteiger partial charge is 0.262 e. The van der Waals surface area contributed by atoms with Crippen molar-refractivity contribution in [1.82, 2.24) is 14.9 Å². The van der Waals surface area contributed by atoms with Crippen molar-refractivity contribution >= 4 is 49.2 Å². The quantitative estimate of drug-likeness (QED) is 0.510. The topological polar surface area (TPSA) is 78.7 Å². The maximum absolute atomic E-state index is 11.3. The molecule has 120 valence electrons. The van der Waals surface area contributed by atoms with Crippen molar-refractivity contribution < 1.29 is 10.0 Å². The lowest BCUT2D eigenvalue weighted by Gasteiger charge is -2.17. The van der Waals surface area contributed by atoms with Crippen LogP contribution in [0.3, 0.4) is 0 Å². The number of fused-ring (bicyclic) bond motifs is 1. The van der Waals surface area contributed by atoms with Gasteiger partial charge in [0.05, 0.1) is 16.7 Å². The van der Waals surface area contributed by atoms with E-state index in [2.05, 4.69) is 62.9 Å². The largest absolute Gasteiger partial charge is 0.360 e. The minimum absolute atomic E-state index is 0.0361. The molecule has 2 aromatic rings. The zero-order chi connectivity index (χ0) is 16.5. The summed E-state index contributed by atoms with van der Waals surface area (Å²) in [5, 5.41) is 11.7. The van der Waals surface area contributed by atoms with Crippen LogP contribution < -0.4 is 10.8 Å². The number of carbonyl (C=O) groups is 1. The number of amides is 1. The molecular weight excluding hydrogens is 416 g/mol. The van der Waals surface area contributed by atoms with Gasteiger partial charge >= 0.3 is 0 Å². The van der Waals surface area contributed by atoms with Crippen molar-refractivity contribution in [2.24, 2.45) is 5.41 Å². The number of nitrogens with one attached hydrogen (secondary N) is 2. The van der Waals surface area contributed by atoms with Crippen LogP contribution in [0, 0.1) is 5.41 Å². The number of nitrogens with zero attached hydrogens (tertiary/aromatic N) is 2. The Morgan fingerprint density at radius 1 is 1.41 bits per heavy atom. The highest BCUT2D eigenvalue weighted by atomic mass is 79.9. The van der Waals surface area contributed by atoms with Crippen LogP contribution in [-0.2, 0) is 11.2 Å². The first-order chi connectivity index (χ1) is 10.2. The van der Waals surface area contributed by atoms with Crippen LogP contribution in [0.1, 0.15) is 26.5 Å². The van der Waals surface area contributed by atoms with Gasteiger partial charge in [-0.1, -0.05) is 20.8 Å². The van der Waals surface area contributed by atoms with Crippen LogP contribution in [-0.4, -0.2) is 27.0 Å². The lowest BCUT2D eigenvalue weighted by atomic mass is 9.90. The molecule has 6 nitrogen and oxygen atoms in total. The number of hydrogen-bond donors (Lipinski definition) is 3. The number of aromatic nitrogens is 2. The predicted molar refractivity (Wildman–Crippen MR) is 92.2 cm³/mol. The fraction of sp³-hybridized carbons (Fsp3) is 0.429. The van der Waals surface area contributed by atoms with Gasteiger partial charge in [-0.05, 0) is 49.8 Å². The summed E-state index contributed by atoms with van der Waals surface area (Å²) >= 11 is 6.96. The fourth-order valence-electron chi connectivity index (χ4n) is 2.14. The first-order valence-corrected chi connectivity index (χ1v) is 8.32. The van der Waals surface area contributed by atoms with Gasteiger partial charge in [0.25, 0.3) is 5.91 Å². The number of carbonyl (C=O) groups excluding carboxylic acids is 1. The predicted octanol–water partition coefficient (Wildman–Crippen LogP) is 3.37.